The van der Waals surface area contributed by atoms with Crippen LogP contribution in [-0.2, 0) is 14.8 Å². The molecule has 0 fully saturated rings. The van der Waals surface area contributed by atoms with Crippen molar-refractivity contribution in [1.29, 1.82) is 0 Å². The third kappa shape index (κ3) is 4.19. The number of unbranched alkanes of at least 4 members (excludes halogenated alkanes) is 1. The topological polar surface area (TPSA) is 55.4 Å². The molecule has 1 aliphatic carbocycles. The molecular formula is C19H29NO3S. The molecule has 1 aliphatic rings. The van der Waals surface area contributed by atoms with Crippen LogP contribution >= 0.6 is 0 Å². The van der Waals surface area contributed by atoms with Gasteiger partial charge in [-0.15, -0.1) is 0 Å². The summed E-state index contributed by atoms with van der Waals surface area (Å²) >= 11 is 0. The summed E-state index contributed by atoms with van der Waals surface area (Å²) in [7, 11) is -1.95. The lowest BCUT2D eigenvalue weighted by Crippen LogP contribution is -2.42. The van der Waals surface area contributed by atoms with Crippen LogP contribution in [0.5, 0.6) is 0 Å². The highest BCUT2D eigenvalue weighted by molar-refractivity contribution is 7.89. The Morgan fingerprint density at radius 1 is 1.25 bits per heavy atom. The van der Waals surface area contributed by atoms with Crippen molar-refractivity contribution in [3.8, 4) is 0 Å². The van der Waals surface area contributed by atoms with Crippen molar-refractivity contribution in [2.45, 2.75) is 69.8 Å². The van der Waals surface area contributed by atoms with E-state index in [0.717, 1.165) is 49.8 Å². The molecular weight excluding hydrogens is 322 g/mol. The molecule has 0 saturated carbocycles. The van der Waals surface area contributed by atoms with Crippen molar-refractivity contribution in [1.82, 2.24) is 4.72 Å². The van der Waals surface area contributed by atoms with Gasteiger partial charge < -0.3 is 4.74 Å². The van der Waals surface area contributed by atoms with Gasteiger partial charge in [0.1, 0.15) is 5.60 Å². The van der Waals surface area contributed by atoms with Gasteiger partial charge in [-0.2, -0.15) is 0 Å². The molecule has 0 aliphatic heterocycles. The highest BCUT2D eigenvalue weighted by Crippen LogP contribution is 2.37. The average Bonchev–Trinajstić information content (AvgIpc) is 2.56. The maximum absolute atomic E-state index is 12.8. The van der Waals surface area contributed by atoms with E-state index in [1.807, 2.05) is 26.0 Å². The van der Waals surface area contributed by atoms with Crippen LogP contribution in [0.4, 0.5) is 0 Å². The van der Waals surface area contributed by atoms with Crippen LogP contribution in [0.1, 0.15) is 57.9 Å². The largest absolute Gasteiger partial charge is 0.372 e. The Morgan fingerprint density at radius 2 is 1.92 bits per heavy atom. The fourth-order valence-electron chi connectivity index (χ4n) is 3.20. The zero-order chi connectivity index (χ0) is 17.8. The van der Waals surface area contributed by atoms with Gasteiger partial charge in [-0.05, 0) is 63.7 Å². The van der Waals surface area contributed by atoms with Gasteiger partial charge in [-0.3, -0.25) is 4.72 Å². The van der Waals surface area contributed by atoms with Crippen LogP contribution in [-0.4, -0.2) is 21.1 Å². The molecule has 1 unspecified atom stereocenters. The van der Waals surface area contributed by atoms with Crippen LogP contribution < -0.4 is 4.72 Å². The Hall–Kier alpha value is -1.33. The number of benzene rings is 1. The first-order valence-electron chi connectivity index (χ1n) is 8.69. The number of hydrogen-bond acceptors (Lipinski definition) is 3. The molecule has 0 spiro atoms. The lowest BCUT2D eigenvalue weighted by atomic mass is 9.83. The van der Waals surface area contributed by atoms with Crippen LogP contribution in [0.3, 0.4) is 0 Å². The molecule has 2 rings (SSSR count). The van der Waals surface area contributed by atoms with Crippen LogP contribution in [0, 0.1) is 6.92 Å². The third-order valence-corrected chi connectivity index (χ3v) is 6.23. The first-order chi connectivity index (χ1) is 11.3. The second-order valence-electron chi connectivity index (χ2n) is 6.79. The standard InChI is InChI=1S/C19H29NO3S/c1-5-6-8-16-9-7-14-19(3,23-4)18(16)20-24(21,22)17-12-10-15(2)11-13-17/h10-13,20H,5-9,14H2,1-4H3. The van der Waals surface area contributed by atoms with E-state index < -0.39 is 15.6 Å². The summed E-state index contributed by atoms with van der Waals surface area (Å²) in [5, 5.41) is 0. The summed E-state index contributed by atoms with van der Waals surface area (Å²) in [5.41, 5.74) is 2.39. The number of allylic oxidation sites excluding steroid dienone is 1. The average molecular weight is 352 g/mol. The Labute approximate surface area is 146 Å². The second-order valence-corrected chi connectivity index (χ2v) is 8.47. The monoisotopic (exact) mass is 351 g/mol. The molecule has 0 aromatic heterocycles. The molecule has 24 heavy (non-hydrogen) atoms. The maximum Gasteiger partial charge on any atom is 0.261 e. The number of ether oxygens (including phenoxy) is 1. The summed E-state index contributed by atoms with van der Waals surface area (Å²) in [5.74, 6) is 0. The maximum atomic E-state index is 12.8. The van der Waals surface area contributed by atoms with Gasteiger partial charge >= 0.3 is 0 Å². The zero-order valence-electron chi connectivity index (χ0n) is 15.2. The number of rotatable bonds is 7. The Balaban J connectivity index is 2.39. The Morgan fingerprint density at radius 3 is 2.50 bits per heavy atom. The van der Waals surface area contributed by atoms with Gasteiger partial charge in [0.2, 0.25) is 0 Å². The molecule has 0 bridgehead atoms. The third-order valence-electron chi connectivity index (χ3n) is 4.87. The highest BCUT2D eigenvalue weighted by Gasteiger charge is 2.36. The van der Waals surface area contributed by atoms with E-state index in [1.165, 1.54) is 5.57 Å². The minimum atomic E-state index is -3.60. The van der Waals surface area contributed by atoms with E-state index in [-0.39, 0.29) is 0 Å². The van der Waals surface area contributed by atoms with Gasteiger partial charge in [0, 0.05) is 7.11 Å². The molecule has 5 heteroatoms. The number of methoxy groups -OCH3 is 1. The summed E-state index contributed by atoms with van der Waals surface area (Å²) in [4.78, 5) is 0.291. The molecule has 0 heterocycles. The number of sulfonamides is 1. The van der Waals surface area contributed by atoms with Crippen LogP contribution in [0.2, 0.25) is 0 Å². The fraction of sp³-hybridized carbons (Fsp3) is 0.579. The minimum absolute atomic E-state index is 0.291. The number of hydrogen-bond donors (Lipinski definition) is 1. The van der Waals surface area contributed by atoms with E-state index in [9.17, 15) is 8.42 Å². The first-order valence-corrected chi connectivity index (χ1v) is 10.2. The van der Waals surface area contributed by atoms with Crippen molar-refractivity contribution in [2.24, 2.45) is 0 Å². The van der Waals surface area contributed by atoms with E-state index in [4.69, 9.17) is 4.74 Å². The molecule has 1 aromatic rings. The molecule has 0 radical (unpaired) electrons. The number of nitrogens with one attached hydrogen (secondary N) is 1. The molecule has 134 valence electrons. The lowest BCUT2D eigenvalue weighted by Gasteiger charge is -2.37. The molecule has 4 nitrogen and oxygen atoms in total. The van der Waals surface area contributed by atoms with Gasteiger partial charge in [-0.1, -0.05) is 31.0 Å². The summed E-state index contributed by atoms with van der Waals surface area (Å²) < 4.78 is 34.2. The van der Waals surface area contributed by atoms with Gasteiger partial charge in [-0.25, -0.2) is 8.42 Å². The normalized spacial score (nSPS) is 21.8. The molecule has 0 saturated heterocycles. The predicted octanol–water partition coefficient (Wildman–Crippen LogP) is 4.31. The van der Waals surface area contributed by atoms with Gasteiger partial charge in [0.25, 0.3) is 10.0 Å². The van der Waals surface area contributed by atoms with E-state index in [2.05, 4.69) is 11.6 Å². The van der Waals surface area contributed by atoms with Crippen molar-refractivity contribution in [3.63, 3.8) is 0 Å². The quantitative estimate of drug-likeness (QED) is 0.796. The Bertz CT molecular complexity index is 692. The minimum Gasteiger partial charge on any atom is -0.372 e. The molecule has 0 amide bonds. The second kappa shape index (κ2) is 7.70. The van der Waals surface area contributed by atoms with Crippen molar-refractivity contribution in [3.05, 3.63) is 41.1 Å². The Kier molecular flexibility index (Phi) is 6.10. The van der Waals surface area contributed by atoms with Crippen molar-refractivity contribution >= 4 is 10.0 Å². The van der Waals surface area contributed by atoms with Crippen molar-refractivity contribution in [2.75, 3.05) is 7.11 Å². The van der Waals surface area contributed by atoms with Crippen molar-refractivity contribution < 1.29 is 13.2 Å². The van der Waals surface area contributed by atoms with Crippen LogP contribution in [0.15, 0.2) is 40.4 Å². The van der Waals surface area contributed by atoms with E-state index in [1.54, 1.807) is 19.2 Å². The van der Waals surface area contributed by atoms with Crippen LogP contribution in [0.25, 0.3) is 0 Å². The van der Waals surface area contributed by atoms with Gasteiger partial charge in [0.15, 0.2) is 0 Å². The first kappa shape index (κ1) is 19.0. The van der Waals surface area contributed by atoms with Gasteiger partial charge in [0.05, 0.1) is 10.6 Å². The summed E-state index contributed by atoms with van der Waals surface area (Å²) in [6.07, 6.45) is 5.85. The summed E-state index contributed by atoms with van der Waals surface area (Å²) in [6, 6.07) is 6.93. The number of aryl methyl sites for hydroxylation is 1. The predicted molar refractivity (Wildman–Crippen MR) is 97.3 cm³/mol. The molecule has 1 atom stereocenters. The highest BCUT2D eigenvalue weighted by atomic mass is 32.2. The zero-order valence-corrected chi connectivity index (χ0v) is 16.0. The van der Waals surface area contributed by atoms with E-state index >= 15 is 0 Å². The summed E-state index contributed by atoms with van der Waals surface area (Å²) in [6.45, 7) is 6.07. The fourth-order valence-corrected chi connectivity index (χ4v) is 4.44. The smallest absolute Gasteiger partial charge is 0.261 e. The molecule has 1 N–H and O–H groups in total. The lowest BCUT2D eigenvalue weighted by molar-refractivity contribution is 0.0200. The SMILES string of the molecule is CCCCC1=C(NS(=O)(=O)c2ccc(C)cc2)C(C)(OC)CCC1. The molecule has 1 aromatic carbocycles. The van der Waals surface area contributed by atoms with E-state index in [0.29, 0.717) is 4.90 Å².